The number of ether oxygens (including phenoxy) is 1. The summed E-state index contributed by atoms with van der Waals surface area (Å²) in [6.45, 7) is 6.80. The van der Waals surface area contributed by atoms with Gasteiger partial charge in [-0.05, 0) is 68.3 Å². The zero-order valence-corrected chi connectivity index (χ0v) is 14.8. The number of aryl methyl sites for hydroxylation is 1. The van der Waals surface area contributed by atoms with Gasteiger partial charge in [0.25, 0.3) is 0 Å². The highest BCUT2D eigenvalue weighted by Gasteiger charge is 2.05. The Balaban J connectivity index is 2.08. The van der Waals surface area contributed by atoms with Gasteiger partial charge in [0.15, 0.2) is 0 Å². The normalized spacial score (nSPS) is 10.8. The van der Waals surface area contributed by atoms with Crippen molar-refractivity contribution in [2.75, 3.05) is 5.32 Å². The summed E-state index contributed by atoms with van der Waals surface area (Å²) in [5.41, 5.74) is 3.30. The van der Waals surface area contributed by atoms with Crippen LogP contribution in [0.3, 0.4) is 0 Å². The van der Waals surface area contributed by atoms with Gasteiger partial charge in [-0.15, -0.1) is 0 Å². The van der Waals surface area contributed by atoms with Crippen LogP contribution in [0.1, 0.15) is 25.0 Å². The number of benzene rings is 2. The summed E-state index contributed by atoms with van der Waals surface area (Å²) >= 11 is 9.67. The summed E-state index contributed by atoms with van der Waals surface area (Å²) in [7, 11) is 0. The lowest BCUT2D eigenvalue weighted by molar-refractivity contribution is 0.242. The average molecular weight is 369 g/mol. The van der Waals surface area contributed by atoms with E-state index in [-0.39, 0.29) is 6.10 Å². The van der Waals surface area contributed by atoms with Crippen LogP contribution in [-0.2, 0) is 6.54 Å². The molecule has 0 saturated heterocycles. The lowest BCUT2D eigenvalue weighted by Gasteiger charge is -2.14. The van der Waals surface area contributed by atoms with Gasteiger partial charge in [0, 0.05) is 21.7 Å². The topological polar surface area (TPSA) is 21.3 Å². The molecule has 2 aromatic carbocycles. The maximum Gasteiger partial charge on any atom is 0.120 e. The highest BCUT2D eigenvalue weighted by molar-refractivity contribution is 9.10. The third-order valence-corrected chi connectivity index (χ3v) is 3.91. The van der Waals surface area contributed by atoms with Gasteiger partial charge in [0.05, 0.1) is 6.10 Å². The van der Waals surface area contributed by atoms with Crippen molar-refractivity contribution in [1.82, 2.24) is 0 Å². The average Bonchev–Trinajstić information content (AvgIpc) is 2.41. The number of hydrogen-bond acceptors (Lipinski definition) is 2. The highest BCUT2D eigenvalue weighted by Crippen LogP contribution is 2.25. The molecule has 0 unspecified atom stereocenters. The van der Waals surface area contributed by atoms with E-state index in [1.54, 1.807) is 0 Å². The molecule has 0 bridgehead atoms. The highest BCUT2D eigenvalue weighted by atomic mass is 79.9. The van der Waals surface area contributed by atoms with Crippen molar-refractivity contribution in [3.63, 3.8) is 0 Å². The fourth-order valence-corrected chi connectivity index (χ4v) is 2.64. The van der Waals surface area contributed by atoms with Crippen molar-refractivity contribution in [2.24, 2.45) is 0 Å². The van der Waals surface area contributed by atoms with Gasteiger partial charge < -0.3 is 10.1 Å². The monoisotopic (exact) mass is 367 g/mol. The zero-order valence-electron chi connectivity index (χ0n) is 12.4. The summed E-state index contributed by atoms with van der Waals surface area (Å²) in [4.78, 5) is 0. The third kappa shape index (κ3) is 4.65. The number of halogens is 2. The molecule has 4 heteroatoms. The first-order valence-electron chi connectivity index (χ1n) is 6.91. The smallest absolute Gasteiger partial charge is 0.120 e. The van der Waals surface area contributed by atoms with E-state index in [4.69, 9.17) is 16.3 Å². The van der Waals surface area contributed by atoms with Gasteiger partial charge in [-0.3, -0.25) is 0 Å². The van der Waals surface area contributed by atoms with Gasteiger partial charge in [-0.1, -0.05) is 27.5 Å². The zero-order chi connectivity index (χ0) is 15.4. The van der Waals surface area contributed by atoms with Crippen molar-refractivity contribution in [2.45, 2.75) is 33.4 Å². The Bertz CT molecular complexity index is 628. The Morgan fingerprint density at radius 1 is 1.19 bits per heavy atom. The van der Waals surface area contributed by atoms with E-state index in [1.807, 2.05) is 50.2 Å². The molecule has 0 atom stereocenters. The molecule has 2 nitrogen and oxygen atoms in total. The quantitative estimate of drug-likeness (QED) is 0.719. The van der Waals surface area contributed by atoms with Gasteiger partial charge in [0.1, 0.15) is 5.75 Å². The first-order chi connectivity index (χ1) is 9.95. The SMILES string of the molecule is Cc1cc(OC(C)C)ccc1NCc1cc(Br)ccc1Cl. The molecule has 1 N–H and O–H groups in total. The Labute approximate surface area is 139 Å². The summed E-state index contributed by atoms with van der Waals surface area (Å²) < 4.78 is 6.72. The fraction of sp³-hybridized carbons (Fsp3) is 0.294. The first-order valence-corrected chi connectivity index (χ1v) is 8.08. The van der Waals surface area contributed by atoms with E-state index < -0.39 is 0 Å². The van der Waals surface area contributed by atoms with Crippen molar-refractivity contribution in [1.29, 1.82) is 0 Å². The van der Waals surface area contributed by atoms with Crippen LogP contribution in [0.5, 0.6) is 5.75 Å². The molecule has 0 saturated carbocycles. The Hall–Kier alpha value is -1.19. The minimum atomic E-state index is 0.184. The lowest BCUT2D eigenvalue weighted by Crippen LogP contribution is -2.06. The molecule has 0 fully saturated rings. The van der Waals surface area contributed by atoms with Crippen LogP contribution in [0, 0.1) is 6.92 Å². The molecule has 0 aliphatic heterocycles. The molecule has 0 aromatic heterocycles. The Morgan fingerprint density at radius 2 is 1.95 bits per heavy atom. The van der Waals surface area contributed by atoms with Crippen molar-refractivity contribution in [3.8, 4) is 5.75 Å². The second kappa shape index (κ2) is 7.19. The molecule has 21 heavy (non-hydrogen) atoms. The molecule has 0 radical (unpaired) electrons. The van der Waals surface area contributed by atoms with Crippen LogP contribution in [0.2, 0.25) is 5.02 Å². The Morgan fingerprint density at radius 3 is 2.62 bits per heavy atom. The molecule has 0 amide bonds. The molecule has 2 aromatic rings. The standard InChI is InChI=1S/C17H19BrClNO/c1-11(2)21-15-5-7-17(12(3)8-15)20-10-13-9-14(18)4-6-16(13)19/h4-9,11,20H,10H2,1-3H3. The van der Waals surface area contributed by atoms with E-state index in [0.29, 0.717) is 6.54 Å². The molecular formula is C17H19BrClNO. The summed E-state index contributed by atoms with van der Waals surface area (Å²) in [5, 5.41) is 4.18. The maximum absolute atomic E-state index is 6.20. The van der Waals surface area contributed by atoms with Gasteiger partial charge in [-0.2, -0.15) is 0 Å². The lowest BCUT2D eigenvalue weighted by atomic mass is 10.1. The van der Waals surface area contributed by atoms with Crippen LogP contribution in [-0.4, -0.2) is 6.10 Å². The molecule has 112 valence electrons. The largest absolute Gasteiger partial charge is 0.491 e. The van der Waals surface area contributed by atoms with E-state index in [0.717, 1.165) is 32.1 Å². The maximum atomic E-state index is 6.20. The predicted octanol–water partition coefficient (Wildman–Crippen LogP) is 5.81. The minimum absolute atomic E-state index is 0.184. The molecule has 0 aliphatic carbocycles. The summed E-state index contributed by atoms with van der Waals surface area (Å²) in [6.07, 6.45) is 0.184. The number of hydrogen-bond donors (Lipinski definition) is 1. The van der Waals surface area contributed by atoms with E-state index in [9.17, 15) is 0 Å². The fourth-order valence-electron chi connectivity index (χ4n) is 2.05. The van der Waals surface area contributed by atoms with Crippen LogP contribution < -0.4 is 10.1 Å². The third-order valence-electron chi connectivity index (χ3n) is 3.05. The van der Waals surface area contributed by atoms with Crippen molar-refractivity contribution < 1.29 is 4.74 Å². The van der Waals surface area contributed by atoms with Gasteiger partial charge in [0.2, 0.25) is 0 Å². The van der Waals surface area contributed by atoms with Crippen LogP contribution in [0.4, 0.5) is 5.69 Å². The second-order valence-electron chi connectivity index (χ2n) is 5.23. The van der Waals surface area contributed by atoms with Crippen molar-refractivity contribution in [3.05, 3.63) is 57.0 Å². The van der Waals surface area contributed by atoms with Crippen LogP contribution in [0.25, 0.3) is 0 Å². The first kappa shape index (κ1) is 16.2. The molecule has 2 rings (SSSR count). The molecule has 0 heterocycles. The molecule has 0 spiro atoms. The van der Waals surface area contributed by atoms with E-state index in [2.05, 4.69) is 28.2 Å². The summed E-state index contributed by atoms with van der Waals surface area (Å²) in [5.74, 6) is 0.897. The number of anilines is 1. The van der Waals surface area contributed by atoms with E-state index in [1.165, 1.54) is 0 Å². The minimum Gasteiger partial charge on any atom is -0.491 e. The second-order valence-corrected chi connectivity index (χ2v) is 6.56. The molecular weight excluding hydrogens is 350 g/mol. The number of rotatable bonds is 5. The van der Waals surface area contributed by atoms with E-state index >= 15 is 0 Å². The molecule has 0 aliphatic rings. The van der Waals surface area contributed by atoms with Crippen molar-refractivity contribution >= 4 is 33.2 Å². The predicted molar refractivity (Wildman–Crippen MR) is 93.4 cm³/mol. The van der Waals surface area contributed by atoms with Crippen LogP contribution in [0.15, 0.2) is 40.9 Å². The van der Waals surface area contributed by atoms with Crippen LogP contribution >= 0.6 is 27.5 Å². The van der Waals surface area contributed by atoms with Gasteiger partial charge in [-0.25, -0.2) is 0 Å². The summed E-state index contributed by atoms with van der Waals surface area (Å²) in [6, 6.07) is 11.9. The van der Waals surface area contributed by atoms with Gasteiger partial charge >= 0.3 is 0 Å². The Kier molecular flexibility index (Phi) is 5.54. The number of nitrogens with one attached hydrogen (secondary N) is 1.